The summed E-state index contributed by atoms with van der Waals surface area (Å²) in [5.41, 5.74) is 2.77. The lowest BCUT2D eigenvalue weighted by molar-refractivity contribution is 0.447. The van der Waals surface area contributed by atoms with Crippen molar-refractivity contribution in [1.82, 2.24) is 15.6 Å². The fraction of sp³-hybridized carbons (Fsp3) is 0.182. The van der Waals surface area contributed by atoms with E-state index in [1.165, 1.54) is 12.3 Å². The molecule has 0 amide bonds. The Morgan fingerprint density at radius 1 is 1.10 bits per heavy atom. The first-order chi connectivity index (χ1) is 14.2. The number of hydrogen-bond acceptors (Lipinski definition) is 6. The van der Waals surface area contributed by atoms with Crippen LogP contribution >= 0.6 is 0 Å². The number of aliphatic imine (C=N–C) groups is 3. The topological polar surface area (TPSA) is 74.0 Å². The molecule has 2 N–H and O–H groups in total. The summed E-state index contributed by atoms with van der Waals surface area (Å²) in [6, 6.07) is 13.6. The van der Waals surface area contributed by atoms with Crippen LogP contribution in [-0.2, 0) is 0 Å². The zero-order valence-electron chi connectivity index (χ0n) is 15.7. The minimum absolute atomic E-state index is 0.0600. The van der Waals surface area contributed by atoms with Gasteiger partial charge < -0.3 is 5.32 Å². The van der Waals surface area contributed by atoms with Gasteiger partial charge in [0.15, 0.2) is 0 Å². The first kappa shape index (κ1) is 17.6. The molecule has 0 spiro atoms. The second kappa shape index (κ2) is 7.18. The summed E-state index contributed by atoms with van der Waals surface area (Å²) < 4.78 is 14.0. The second-order valence-corrected chi connectivity index (χ2v) is 7.12. The molecule has 0 fully saturated rings. The van der Waals surface area contributed by atoms with E-state index in [-0.39, 0.29) is 24.1 Å². The lowest BCUT2D eigenvalue weighted by atomic mass is 9.90. The van der Waals surface area contributed by atoms with E-state index in [2.05, 4.69) is 61.8 Å². The molecular formula is C22H19FN6. The Balaban J connectivity index is 1.57. The molecule has 3 heterocycles. The first-order valence-corrected chi connectivity index (χ1v) is 9.47. The van der Waals surface area contributed by atoms with E-state index in [4.69, 9.17) is 0 Å². The highest BCUT2D eigenvalue weighted by molar-refractivity contribution is 6.05. The largest absolute Gasteiger partial charge is 0.333 e. The lowest BCUT2D eigenvalue weighted by Gasteiger charge is -2.27. The van der Waals surface area contributed by atoms with Crippen molar-refractivity contribution in [1.29, 1.82) is 0 Å². The normalized spacial score (nSPS) is 21.0. The maximum atomic E-state index is 14.0. The predicted molar refractivity (Wildman–Crippen MR) is 114 cm³/mol. The number of nitrogens with one attached hydrogen (secondary N) is 2. The van der Waals surface area contributed by atoms with Crippen LogP contribution in [-0.4, -0.2) is 35.7 Å². The van der Waals surface area contributed by atoms with E-state index in [9.17, 15) is 4.39 Å². The van der Waals surface area contributed by atoms with Gasteiger partial charge in [0.2, 0.25) is 0 Å². The van der Waals surface area contributed by atoms with Gasteiger partial charge in [-0.1, -0.05) is 36.4 Å². The number of amidine groups is 1. The fourth-order valence-electron chi connectivity index (χ4n) is 3.93. The van der Waals surface area contributed by atoms with Gasteiger partial charge in [0.1, 0.15) is 30.2 Å². The highest BCUT2D eigenvalue weighted by Crippen LogP contribution is 2.35. The Kier molecular flexibility index (Phi) is 4.37. The second-order valence-electron chi connectivity index (χ2n) is 7.12. The summed E-state index contributed by atoms with van der Waals surface area (Å²) >= 11 is 0. The van der Waals surface area contributed by atoms with Gasteiger partial charge in [0.25, 0.3) is 0 Å². The molecule has 2 aliphatic rings. The molecule has 5 rings (SSSR count). The lowest BCUT2D eigenvalue weighted by Crippen LogP contribution is -2.45. The maximum absolute atomic E-state index is 14.0. The van der Waals surface area contributed by atoms with Gasteiger partial charge >= 0.3 is 0 Å². The zero-order valence-corrected chi connectivity index (χ0v) is 15.7. The van der Waals surface area contributed by atoms with Crippen LogP contribution in [0.25, 0.3) is 21.9 Å². The number of pyridine rings is 1. The maximum Gasteiger partial charge on any atom is 0.145 e. The van der Waals surface area contributed by atoms with Crippen LogP contribution in [0.4, 0.5) is 4.39 Å². The monoisotopic (exact) mass is 386 g/mol. The first-order valence-electron chi connectivity index (χ1n) is 9.47. The SMILES string of the molecule is CC(NC1N=CN=C2NC=NC21)c1ccc2ccccc2c1-c1cncc(F)c1. The number of hydrogen-bond donors (Lipinski definition) is 2. The summed E-state index contributed by atoms with van der Waals surface area (Å²) in [6.07, 6.45) is 5.90. The number of fused-ring (bicyclic) bond motifs is 2. The smallest absolute Gasteiger partial charge is 0.145 e. The highest BCUT2D eigenvalue weighted by Gasteiger charge is 2.31. The number of aromatic nitrogens is 1. The van der Waals surface area contributed by atoms with E-state index in [1.807, 2.05) is 12.1 Å². The Morgan fingerprint density at radius 2 is 2.00 bits per heavy atom. The summed E-state index contributed by atoms with van der Waals surface area (Å²) in [5.74, 6) is 0.434. The van der Waals surface area contributed by atoms with Gasteiger partial charge in [-0.15, -0.1) is 0 Å². The van der Waals surface area contributed by atoms with Crippen LogP contribution < -0.4 is 10.6 Å². The summed E-state index contributed by atoms with van der Waals surface area (Å²) in [6.45, 7) is 2.08. The summed E-state index contributed by atoms with van der Waals surface area (Å²) in [5, 5.41) is 8.75. The molecule has 2 aliphatic heterocycles. The molecule has 29 heavy (non-hydrogen) atoms. The van der Waals surface area contributed by atoms with Gasteiger partial charge in [0, 0.05) is 17.8 Å². The molecule has 0 radical (unpaired) electrons. The minimum Gasteiger partial charge on any atom is -0.333 e. The average molecular weight is 386 g/mol. The van der Waals surface area contributed by atoms with Crippen molar-refractivity contribution in [3.05, 3.63) is 66.2 Å². The summed E-state index contributed by atoms with van der Waals surface area (Å²) in [4.78, 5) is 17.2. The van der Waals surface area contributed by atoms with E-state index in [1.54, 1.807) is 18.9 Å². The third-order valence-corrected chi connectivity index (χ3v) is 5.29. The molecule has 7 heteroatoms. The molecule has 144 valence electrons. The highest BCUT2D eigenvalue weighted by atomic mass is 19.1. The quantitative estimate of drug-likeness (QED) is 0.721. The van der Waals surface area contributed by atoms with E-state index in [0.717, 1.165) is 33.3 Å². The molecule has 2 aromatic carbocycles. The molecule has 0 aliphatic carbocycles. The van der Waals surface area contributed by atoms with Crippen LogP contribution in [0.2, 0.25) is 0 Å². The van der Waals surface area contributed by atoms with Crippen molar-refractivity contribution in [3.8, 4) is 11.1 Å². The van der Waals surface area contributed by atoms with Crippen LogP contribution in [0.1, 0.15) is 18.5 Å². The standard InChI is InChI=1S/C22H19FN6/c1-13(29-22-20-21(26-11-25-20)27-12-28-22)17-7-6-14-4-2-3-5-18(14)19(17)15-8-16(23)10-24-9-15/h2-13,20,22,29H,1H3,(H,25,26,27,28). The number of halogens is 1. The van der Waals surface area contributed by atoms with Crippen molar-refractivity contribution in [2.45, 2.75) is 25.2 Å². The number of rotatable bonds is 4. The Hall–Kier alpha value is -3.45. The molecule has 3 atom stereocenters. The van der Waals surface area contributed by atoms with Crippen LogP contribution in [0.3, 0.4) is 0 Å². The van der Waals surface area contributed by atoms with Gasteiger partial charge in [0.05, 0.1) is 12.5 Å². The average Bonchev–Trinajstić information content (AvgIpc) is 3.23. The fourth-order valence-corrected chi connectivity index (χ4v) is 3.93. The van der Waals surface area contributed by atoms with E-state index >= 15 is 0 Å². The van der Waals surface area contributed by atoms with Gasteiger partial charge in [-0.25, -0.2) is 9.38 Å². The molecule has 0 bridgehead atoms. The molecular weight excluding hydrogens is 367 g/mol. The van der Waals surface area contributed by atoms with Crippen molar-refractivity contribution in [2.75, 3.05) is 0 Å². The third-order valence-electron chi connectivity index (χ3n) is 5.29. The molecule has 0 saturated heterocycles. The van der Waals surface area contributed by atoms with Gasteiger partial charge in [-0.2, -0.15) is 0 Å². The van der Waals surface area contributed by atoms with Crippen molar-refractivity contribution >= 4 is 29.3 Å². The van der Waals surface area contributed by atoms with Crippen molar-refractivity contribution in [3.63, 3.8) is 0 Å². The van der Waals surface area contributed by atoms with E-state index < -0.39 is 0 Å². The zero-order chi connectivity index (χ0) is 19.8. The predicted octanol–water partition coefficient (Wildman–Crippen LogP) is 3.46. The van der Waals surface area contributed by atoms with E-state index in [0.29, 0.717) is 0 Å². The number of benzene rings is 2. The van der Waals surface area contributed by atoms with Crippen molar-refractivity contribution < 1.29 is 4.39 Å². The Bertz CT molecular complexity index is 1170. The van der Waals surface area contributed by atoms with Crippen molar-refractivity contribution in [2.24, 2.45) is 15.0 Å². The Labute approximate surface area is 167 Å². The summed E-state index contributed by atoms with van der Waals surface area (Å²) in [7, 11) is 0. The molecule has 0 saturated carbocycles. The molecule has 6 nitrogen and oxygen atoms in total. The number of nitrogens with zero attached hydrogens (tertiary/aromatic N) is 4. The van der Waals surface area contributed by atoms with Crippen LogP contribution in [0.15, 0.2) is 69.8 Å². The van der Waals surface area contributed by atoms with Crippen LogP contribution in [0, 0.1) is 5.82 Å². The van der Waals surface area contributed by atoms with Crippen LogP contribution in [0.5, 0.6) is 0 Å². The van der Waals surface area contributed by atoms with Gasteiger partial charge in [-0.3, -0.25) is 20.3 Å². The minimum atomic E-state index is -0.355. The van der Waals surface area contributed by atoms with Gasteiger partial charge in [-0.05, 0) is 34.9 Å². The third kappa shape index (κ3) is 3.19. The Morgan fingerprint density at radius 3 is 2.90 bits per heavy atom. The molecule has 1 aromatic heterocycles. The molecule has 3 aromatic rings. The molecule has 3 unspecified atom stereocenters.